The van der Waals surface area contributed by atoms with Gasteiger partial charge < -0.3 is 4.74 Å². The normalized spacial score (nSPS) is 8.88. The Bertz CT molecular complexity index is 550. The highest BCUT2D eigenvalue weighted by Crippen LogP contribution is 2.15. The van der Waals surface area contributed by atoms with Gasteiger partial charge in [-0.15, -0.1) is 0 Å². The summed E-state index contributed by atoms with van der Waals surface area (Å²) in [6, 6.07) is 7.95. The summed E-state index contributed by atoms with van der Waals surface area (Å²) in [5.41, 5.74) is 0.170. The smallest absolute Gasteiger partial charge is 0.313 e. The molecule has 0 aliphatic carbocycles. The van der Waals surface area contributed by atoms with E-state index in [9.17, 15) is 9.59 Å². The Kier molecular flexibility index (Phi) is 3.96. The van der Waals surface area contributed by atoms with Gasteiger partial charge in [0, 0.05) is 5.56 Å². The molecular weight excluding hydrogens is 220 g/mol. The first-order valence-electron chi connectivity index (χ1n) is 4.67. The average molecular weight is 228 g/mol. The molecule has 1 rings (SSSR count). The van der Waals surface area contributed by atoms with Gasteiger partial charge >= 0.3 is 5.97 Å². The SMILES string of the molecule is COC(=O)CC(=O)c1cccc(C#N)c1C#N. The second kappa shape index (κ2) is 5.43. The number of benzene rings is 1. The predicted octanol–water partition coefficient (Wildman–Crippen LogP) is 1.18. The molecule has 0 atom stereocenters. The second-order valence-corrected chi connectivity index (χ2v) is 3.13. The molecule has 5 nitrogen and oxygen atoms in total. The summed E-state index contributed by atoms with van der Waals surface area (Å²) in [7, 11) is 1.17. The van der Waals surface area contributed by atoms with Crippen LogP contribution in [-0.4, -0.2) is 18.9 Å². The first-order chi connectivity index (χ1) is 8.13. The highest BCUT2D eigenvalue weighted by Gasteiger charge is 2.17. The van der Waals surface area contributed by atoms with Crippen molar-refractivity contribution in [3.63, 3.8) is 0 Å². The number of esters is 1. The lowest BCUT2D eigenvalue weighted by atomic mass is 9.98. The maximum atomic E-state index is 11.7. The van der Waals surface area contributed by atoms with Gasteiger partial charge in [-0.2, -0.15) is 10.5 Å². The summed E-state index contributed by atoms with van der Waals surface area (Å²) in [6.45, 7) is 0. The molecule has 0 aliphatic rings. The number of methoxy groups -OCH3 is 1. The maximum absolute atomic E-state index is 11.7. The Morgan fingerprint density at radius 2 is 2.00 bits per heavy atom. The van der Waals surface area contributed by atoms with Gasteiger partial charge in [-0.05, 0) is 12.1 Å². The first kappa shape index (κ1) is 12.4. The van der Waals surface area contributed by atoms with Crippen LogP contribution in [0.15, 0.2) is 18.2 Å². The minimum atomic E-state index is -0.679. The Balaban J connectivity index is 3.16. The molecule has 0 heterocycles. The molecule has 0 spiro atoms. The van der Waals surface area contributed by atoms with E-state index < -0.39 is 18.2 Å². The van der Waals surface area contributed by atoms with Crippen molar-refractivity contribution >= 4 is 11.8 Å². The quantitative estimate of drug-likeness (QED) is 0.440. The van der Waals surface area contributed by atoms with Crippen molar-refractivity contribution in [1.29, 1.82) is 10.5 Å². The number of nitrogens with zero attached hydrogens (tertiary/aromatic N) is 2. The molecule has 0 saturated heterocycles. The summed E-state index contributed by atoms with van der Waals surface area (Å²) in [4.78, 5) is 22.7. The fourth-order valence-corrected chi connectivity index (χ4v) is 1.30. The lowest BCUT2D eigenvalue weighted by Gasteiger charge is -2.03. The van der Waals surface area contributed by atoms with Crippen LogP contribution >= 0.6 is 0 Å². The van der Waals surface area contributed by atoms with Crippen LogP contribution in [0.4, 0.5) is 0 Å². The van der Waals surface area contributed by atoms with E-state index in [-0.39, 0.29) is 16.7 Å². The van der Waals surface area contributed by atoms with Crippen LogP contribution in [-0.2, 0) is 9.53 Å². The molecule has 5 heteroatoms. The van der Waals surface area contributed by atoms with Gasteiger partial charge in [-0.25, -0.2) is 0 Å². The van der Waals surface area contributed by atoms with Crippen LogP contribution in [0.2, 0.25) is 0 Å². The van der Waals surface area contributed by atoms with E-state index in [0.29, 0.717) is 0 Å². The molecule has 0 radical (unpaired) electrons. The molecular formula is C12H8N2O3. The number of Topliss-reactive ketones (excluding diaryl/α,β-unsaturated/α-hetero) is 1. The van der Waals surface area contributed by atoms with E-state index in [2.05, 4.69) is 4.74 Å². The molecule has 84 valence electrons. The molecule has 0 unspecified atom stereocenters. The summed E-state index contributed by atoms with van der Waals surface area (Å²) < 4.78 is 4.36. The zero-order valence-electron chi connectivity index (χ0n) is 9.06. The van der Waals surface area contributed by atoms with Crippen molar-refractivity contribution in [2.75, 3.05) is 7.11 Å². The molecule has 0 amide bonds. The number of nitriles is 2. The molecule has 1 aromatic carbocycles. The number of ether oxygens (including phenoxy) is 1. The van der Waals surface area contributed by atoms with Gasteiger partial charge in [0.05, 0.1) is 18.2 Å². The monoisotopic (exact) mass is 228 g/mol. The first-order valence-corrected chi connectivity index (χ1v) is 4.67. The predicted molar refractivity (Wildman–Crippen MR) is 56.8 cm³/mol. The minimum Gasteiger partial charge on any atom is -0.469 e. The molecule has 17 heavy (non-hydrogen) atoms. The largest absolute Gasteiger partial charge is 0.469 e. The molecule has 0 fully saturated rings. The topological polar surface area (TPSA) is 90.9 Å². The highest BCUT2D eigenvalue weighted by atomic mass is 16.5. The third-order valence-electron chi connectivity index (χ3n) is 2.13. The average Bonchev–Trinajstić information content (AvgIpc) is 2.37. The Morgan fingerprint density at radius 3 is 2.53 bits per heavy atom. The van der Waals surface area contributed by atoms with Gasteiger partial charge in [-0.1, -0.05) is 6.07 Å². The number of hydrogen-bond donors (Lipinski definition) is 0. The minimum absolute atomic E-state index is 0.0103. The maximum Gasteiger partial charge on any atom is 0.313 e. The Hall–Kier alpha value is -2.66. The van der Waals surface area contributed by atoms with Crippen LogP contribution in [0, 0.1) is 22.7 Å². The van der Waals surface area contributed by atoms with E-state index in [1.165, 1.54) is 25.3 Å². The second-order valence-electron chi connectivity index (χ2n) is 3.13. The number of carbonyl (C=O) groups is 2. The molecule has 0 bridgehead atoms. The lowest BCUT2D eigenvalue weighted by Crippen LogP contribution is -2.11. The third kappa shape index (κ3) is 2.67. The standard InChI is InChI=1S/C12H8N2O3/c1-17-12(16)5-11(15)9-4-2-3-8(6-13)10(9)7-14/h2-4H,5H2,1H3. The van der Waals surface area contributed by atoms with Crippen molar-refractivity contribution in [2.24, 2.45) is 0 Å². The van der Waals surface area contributed by atoms with Crippen molar-refractivity contribution in [3.05, 3.63) is 34.9 Å². The summed E-state index contributed by atoms with van der Waals surface area (Å²) in [5.74, 6) is -1.22. The van der Waals surface area contributed by atoms with Gasteiger partial charge in [0.15, 0.2) is 5.78 Å². The van der Waals surface area contributed by atoms with Crippen molar-refractivity contribution in [2.45, 2.75) is 6.42 Å². The van der Waals surface area contributed by atoms with Gasteiger partial charge in [0.25, 0.3) is 0 Å². The Labute approximate surface area is 97.8 Å². The molecule has 0 N–H and O–H groups in total. The van der Waals surface area contributed by atoms with Gasteiger partial charge in [0.1, 0.15) is 18.6 Å². The van der Waals surface area contributed by atoms with Gasteiger partial charge in [0.2, 0.25) is 0 Å². The number of carbonyl (C=O) groups excluding carboxylic acids is 2. The molecule has 0 aliphatic heterocycles. The fraction of sp³-hybridized carbons (Fsp3) is 0.167. The van der Waals surface area contributed by atoms with E-state index in [4.69, 9.17) is 10.5 Å². The van der Waals surface area contributed by atoms with Crippen LogP contribution in [0.25, 0.3) is 0 Å². The Morgan fingerprint density at radius 1 is 1.29 bits per heavy atom. The van der Waals surface area contributed by atoms with Gasteiger partial charge in [-0.3, -0.25) is 9.59 Å². The third-order valence-corrected chi connectivity index (χ3v) is 2.13. The summed E-state index contributed by atoms with van der Waals surface area (Å²) >= 11 is 0. The van der Waals surface area contributed by atoms with Crippen LogP contribution in [0.3, 0.4) is 0 Å². The number of rotatable bonds is 3. The number of hydrogen-bond acceptors (Lipinski definition) is 5. The van der Waals surface area contributed by atoms with E-state index >= 15 is 0 Å². The summed E-state index contributed by atoms with van der Waals surface area (Å²) in [6.07, 6.45) is -0.444. The zero-order chi connectivity index (χ0) is 12.8. The van der Waals surface area contributed by atoms with Crippen LogP contribution in [0.1, 0.15) is 27.9 Å². The van der Waals surface area contributed by atoms with Crippen molar-refractivity contribution in [1.82, 2.24) is 0 Å². The van der Waals surface area contributed by atoms with Crippen LogP contribution < -0.4 is 0 Å². The van der Waals surface area contributed by atoms with E-state index in [0.717, 1.165) is 0 Å². The van der Waals surface area contributed by atoms with E-state index in [1.807, 2.05) is 6.07 Å². The van der Waals surface area contributed by atoms with E-state index in [1.54, 1.807) is 6.07 Å². The molecule has 0 aromatic heterocycles. The summed E-state index contributed by atoms with van der Waals surface area (Å²) in [5, 5.41) is 17.7. The zero-order valence-corrected chi connectivity index (χ0v) is 9.06. The lowest BCUT2D eigenvalue weighted by molar-refractivity contribution is -0.139. The van der Waals surface area contributed by atoms with Crippen molar-refractivity contribution in [3.8, 4) is 12.1 Å². The van der Waals surface area contributed by atoms with Crippen LogP contribution in [0.5, 0.6) is 0 Å². The number of ketones is 1. The highest BCUT2D eigenvalue weighted by molar-refractivity contribution is 6.07. The fourth-order valence-electron chi connectivity index (χ4n) is 1.30. The van der Waals surface area contributed by atoms with Crippen molar-refractivity contribution < 1.29 is 14.3 Å². The molecule has 1 aromatic rings. The molecule has 0 saturated carbocycles.